The summed E-state index contributed by atoms with van der Waals surface area (Å²) >= 11 is 0. The van der Waals surface area contributed by atoms with Crippen LogP contribution >= 0.6 is 0 Å². The average Bonchev–Trinajstić information content (AvgIpc) is 2.14. The van der Waals surface area contributed by atoms with Crippen molar-refractivity contribution in [3.63, 3.8) is 0 Å². The van der Waals surface area contributed by atoms with Crippen LogP contribution in [0.3, 0.4) is 0 Å². The molecule has 2 N–H and O–H groups in total. The summed E-state index contributed by atoms with van der Waals surface area (Å²) in [5, 5.41) is 5.87. The van der Waals surface area contributed by atoms with Gasteiger partial charge >= 0.3 is 5.97 Å². The molecular weight excluding hydrogens is 208 g/mol. The van der Waals surface area contributed by atoms with Gasteiger partial charge in [-0.15, -0.1) is 0 Å². The molecule has 0 unspecified atom stereocenters. The maximum atomic E-state index is 11.4. The van der Waals surface area contributed by atoms with E-state index in [1.807, 2.05) is 20.8 Å². The molecule has 0 aliphatic heterocycles. The van der Waals surface area contributed by atoms with E-state index in [4.69, 9.17) is 0 Å². The molecule has 0 atom stereocenters. The average molecular weight is 230 g/mol. The molecule has 5 heteroatoms. The summed E-state index contributed by atoms with van der Waals surface area (Å²) < 4.78 is 4.49. The minimum Gasteiger partial charge on any atom is -0.469 e. The maximum Gasteiger partial charge on any atom is 0.306 e. The third-order valence-corrected chi connectivity index (χ3v) is 1.78. The molecule has 0 aromatic heterocycles. The van der Waals surface area contributed by atoms with Crippen molar-refractivity contribution in [2.75, 3.05) is 20.2 Å². The Morgan fingerprint density at radius 1 is 1.12 bits per heavy atom. The Morgan fingerprint density at radius 2 is 1.69 bits per heavy atom. The highest BCUT2D eigenvalue weighted by Gasteiger charge is 2.12. The molecule has 0 aromatic rings. The molecule has 0 saturated carbocycles. The van der Waals surface area contributed by atoms with Gasteiger partial charge in [0.2, 0.25) is 5.91 Å². The number of carbonyl (C=O) groups is 2. The molecule has 5 nitrogen and oxygen atoms in total. The largest absolute Gasteiger partial charge is 0.469 e. The quantitative estimate of drug-likeness (QED) is 0.513. The van der Waals surface area contributed by atoms with Crippen LogP contribution in [-0.2, 0) is 14.3 Å². The fourth-order valence-corrected chi connectivity index (χ4v) is 1.10. The van der Waals surface area contributed by atoms with Crippen molar-refractivity contribution in [1.82, 2.24) is 10.6 Å². The molecule has 0 radical (unpaired) electrons. The standard InChI is InChI=1S/C11H22N2O3/c1-11(2,3)13-9(14)5-7-12-8-6-10(15)16-4/h12H,5-8H2,1-4H3,(H,13,14). The Hall–Kier alpha value is -1.10. The number of methoxy groups -OCH3 is 1. The van der Waals surface area contributed by atoms with Gasteiger partial charge in [0.05, 0.1) is 13.5 Å². The first-order valence-corrected chi connectivity index (χ1v) is 5.43. The molecule has 0 bridgehead atoms. The topological polar surface area (TPSA) is 67.4 Å². The van der Waals surface area contributed by atoms with Gasteiger partial charge in [-0.05, 0) is 20.8 Å². The van der Waals surface area contributed by atoms with Gasteiger partial charge in [-0.25, -0.2) is 0 Å². The molecule has 0 aromatic carbocycles. The number of hydrogen-bond acceptors (Lipinski definition) is 4. The van der Waals surface area contributed by atoms with Crippen molar-refractivity contribution in [3.05, 3.63) is 0 Å². The summed E-state index contributed by atoms with van der Waals surface area (Å²) in [4.78, 5) is 22.1. The second kappa shape index (κ2) is 7.22. The molecule has 16 heavy (non-hydrogen) atoms. The van der Waals surface area contributed by atoms with Crippen molar-refractivity contribution in [3.8, 4) is 0 Å². The molecule has 0 spiro atoms. The molecule has 0 heterocycles. The van der Waals surface area contributed by atoms with Crippen LogP contribution in [0.25, 0.3) is 0 Å². The molecule has 0 rings (SSSR count). The fraction of sp³-hybridized carbons (Fsp3) is 0.818. The first kappa shape index (κ1) is 14.9. The van der Waals surface area contributed by atoms with E-state index in [2.05, 4.69) is 15.4 Å². The number of hydrogen-bond donors (Lipinski definition) is 2. The summed E-state index contributed by atoms with van der Waals surface area (Å²) in [6, 6.07) is 0. The lowest BCUT2D eigenvalue weighted by atomic mass is 10.1. The zero-order valence-electron chi connectivity index (χ0n) is 10.6. The zero-order valence-corrected chi connectivity index (χ0v) is 10.6. The minimum absolute atomic E-state index is 0.0121. The molecule has 0 aliphatic rings. The highest BCUT2D eigenvalue weighted by atomic mass is 16.5. The summed E-state index contributed by atoms with van der Waals surface area (Å²) in [7, 11) is 1.36. The molecule has 0 fully saturated rings. The first-order chi connectivity index (χ1) is 7.35. The van der Waals surface area contributed by atoms with E-state index >= 15 is 0 Å². The van der Waals surface area contributed by atoms with Gasteiger partial charge in [-0.1, -0.05) is 0 Å². The Labute approximate surface area is 96.9 Å². The lowest BCUT2D eigenvalue weighted by Crippen LogP contribution is -2.41. The van der Waals surface area contributed by atoms with Gasteiger partial charge in [-0.2, -0.15) is 0 Å². The smallest absolute Gasteiger partial charge is 0.306 e. The first-order valence-electron chi connectivity index (χ1n) is 5.43. The molecule has 0 saturated heterocycles. The SMILES string of the molecule is COC(=O)CCNCCC(=O)NC(C)(C)C. The van der Waals surface area contributed by atoms with Gasteiger partial charge in [0, 0.05) is 25.0 Å². The van der Waals surface area contributed by atoms with Crippen molar-refractivity contribution in [1.29, 1.82) is 0 Å². The molecule has 0 aliphatic carbocycles. The highest BCUT2D eigenvalue weighted by Crippen LogP contribution is 1.98. The van der Waals surface area contributed by atoms with Crippen LogP contribution in [0.1, 0.15) is 33.6 Å². The predicted molar refractivity (Wildman–Crippen MR) is 62.0 cm³/mol. The Balaban J connectivity index is 3.45. The van der Waals surface area contributed by atoms with Crippen LogP contribution in [0, 0.1) is 0 Å². The van der Waals surface area contributed by atoms with Crippen LogP contribution in [0.5, 0.6) is 0 Å². The predicted octanol–water partition coefficient (Wildman–Crippen LogP) is 0.444. The van der Waals surface area contributed by atoms with Gasteiger partial charge in [0.1, 0.15) is 0 Å². The highest BCUT2D eigenvalue weighted by molar-refractivity contribution is 5.76. The van der Waals surface area contributed by atoms with E-state index in [0.29, 0.717) is 25.9 Å². The normalized spacial score (nSPS) is 11.0. The van der Waals surface area contributed by atoms with Crippen LogP contribution < -0.4 is 10.6 Å². The van der Waals surface area contributed by atoms with E-state index in [0.717, 1.165) is 0 Å². The van der Waals surface area contributed by atoms with Crippen LogP contribution in [0.4, 0.5) is 0 Å². The van der Waals surface area contributed by atoms with Crippen molar-refractivity contribution in [2.24, 2.45) is 0 Å². The Morgan fingerprint density at radius 3 is 2.19 bits per heavy atom. The van der Waals surface area contributed by atoms with E-state index in [9.17, 15) is 9.59 Å². The van der Waals surface area contributed by atoms with E-state index < -0.39 is 0 Å². The van der Waals surface area contributed by atoms with Crippen molar-refractivity contribution < 1.29 is 14.3 Å². The summed E-state index contributed by atoms with van der Waals surface area (Å²) in [6.45, 7) is 6.93. The Kier molecular flexibility index (Phi) is 6.72. The maximum absolute atomic E-state index is 11.4. The molecule has 1 amide bonds. The Bertz CT molecular complexity index is 234. The lowest BCUT2D eigenvalue weighted by Gasteiger charge is -2.20. The summed E-state index contributed by atoms with van der Waals surface area (Å²) in [5.74, 6) is -0.232. The van der Waals surface area contributed by atoms with E-state index in [1.165, 1.54) is 7.11 Å². The third-order valence-electron chi connectivity index (χ3n) is 1.78. The monoisotopic (exact) mass is 230 g/mol. The van der Waals surface area contributed by atoms with Crippen LogP contribution in [-0.4, -0.2) is 37.6 Å². The van der Waals surface area contributed by atoms with Gasteiger partial charge in [0.15, 0.2) is 0 Å². The summed E-state index contributed by atoms with van der Waals surface area (Å²) in [6.07, 6.45) is 0.746. The second-order valence-corrected chi connectivity index (χ2v) is 4.62. The zero-order chi connectivity index (χ0) is 12.6. The second-order valence-electron chi connectivity index (χ2n) is 4.62. The van der Waals surface area contributed by atoms with Crippen molar-refractivity contribution in [2.45, 2.75) is 39.2 Å². The number of amides is 1. The van der Waals surface area contributed by atoms with Crippen LogP contribution in [0.2, 0.25) is 0 Å². The third kappa shape index (κ3) is 9.45. The fourth-order valence-electron chi connectivity index (χ4n) is 1.10. The number of carbonyl (C=O) groups excluding carboxylic acids is 2. The lowest BCUT2D eigenvalue weighted by molar-refractivity contribution is -0.140. The minimum atomic E-state index is -0.244. The van der Waals surface area contributed by atoms with Gasteiger partial charge in [0.25, 0.3) is 0 Å². The van der Waals surface area contributed by atoms with Crippen molar-refractivity contribution >= 4 is 11.9 Å². The van der Waals surface area contributed by atoms with E-state index in [-0.39, 0.29) is 17.4 Å². The van der Waals surface area contributed by atoms with Gasteiger partial charge in [-0.3, -0.25) is 9.59 Å². The molecular formula is C11H22N2O3. The summed E-state index contributed by atoms with van der Waals surface area (Å²) in [5.41, 5.74) is -0.191. The van der Waals surface area contributed by atoms with Gasteiger partial charge < -0.3 is 15.4 Å². The number of nitrogens with one attached hydrogen (secondary N) is 2. The van der Waals surface area contributed by atoms with E-state index in [1.54, 1.807) is 0 Å². The molecule has 94 valence electrons. The number of esters is 1. The number of rotatable bonds is 6. The van der Waals surface area contributed by atoms with Crippen LogP contribution in [0.15, 0.2) is 0 Å². The number of ether oxygens (including phenoxy) is 1.